The number of benzene rings is 1. The van der Waals surface area contributed by atoms with Crippen LogP contribution in [0.1, 0.15) is 27.2 Å². The summed E-state index contributed by atoms with van der Waals surface area (Å²) in [6.07, 6.45) is 1.29. The van der Waals surface area contributed by atoms with Crippen molar-refractivity contribution in [3.63, 3.8) is 0 Å². The van der Waals surface area contributed by atoms with Gasteiger partial charge in [-0.2, -0.15) is 0 Å². The van der Waals surface area contributed by atoms with Gasteiger partial charge in [0.15, 0.2) is 5.78 Å². The van der Waals surface area contributed by atoms with Gasteiger partial charge in [0.2, 0.25) is 0 Å². The largest absolute Gasteiger partial charge is 0.293 e. The van der Waals surface area contributed by atoms with Crippen LogP contribution in [-0.2, 0) is 6.42 Å². The van der Waals surface area contributed by atoms with E-state index in [0.717, 1.165) is 6.42 Å². The maximum atomic E-state index is 11.9. The minimum atomic E-state index is 0.131. The van der Waals surface area contributed by atoms with Gasteiger partial charge in [-0.05, 0) is 30.4 Å². The van der Waals surface area contributed by atoms with Gasteiger partial charge in [0.05, 0.1) is 9.90 Å². The Labute approximate surface area is 110 Å². The summed E-state index contributed by atoms with van der Waals surface area (Å²) in [7, 11) is 0. The lowest BCUT2D eigenvalue weighted by Gasteiger charge is -2.02. The highest BCUT2D eigenvalue weighted by molar-refractivity contribution is 7.12. The Kier molecular flexibility index (Phi) is 3.97. The molecule has 0 aliphatic carbocycles. The molecule has 1 nitrogen and oxygen atoms in total. The lowest BCUT2D eigenvalue weighted by molar-refractivity contribution is 0.0987. The first-order valence-corrected chi connectivity index (χ1v) is 6.74. The number of hydrogen-bond donors (Lipinski definition) is 0. The minimum Gasteiger partial charge on any atom is -0.293 e. The van der Waals surface area contributed by atoms with Gasteiger partial charge in [-0.1, -0.05) is 41.4 Å². The normalized spacial score (nSPS) is 10.5. The second-order valence-electron chi connectivity index (χ2n) is 4.01. The Balaban J connectivity index is 1.99. The topological polar surface area (TPSA) is 17.1 Å². The first kappa shape index (κ1) is 12.3. The zero-order valence-corrected chi connectivity index (χ0v) is 11.1. The van der Waals surface area contributed by atoms with E-state index in [9.17, 15) is 4.79 Å². The number of Topliss-reactive ketones (excluding diaryl/α,β-unsaturated/α-hetero) is 1. The molecular formula is C14H13ClOS. The molecule has 1 aromatic carbocycles. The summed E-state index contributed by atoms with van der Waals surface area (Å²) >= 11 is 7.35. The molecular weight excluding hydrogens is 252 g/mol. The molecule has 1 heterocycles. The van der Waals surface area contributed by atoms with Gasteiger partial charge in [-0.25, -0.2) is 0 Å². The molecule has 0 fully saturated rings. The van der Waals surface area contributed by atoms with Crippen molar-refractivity contribution in [2.24, 2.45) is 0 Å². The molecule has 0 atom stereocenters. The second kappa shape index (κ2) is 5.48. The lowest BCUT2D eigenvalue weighted by atomic mass is 10.0. The number of carbonyl (C=O) groups excluding carboxylic acids is 1. The van der Waals surface area contributed by atoms with Crippen LogP contribution in [0.2, 0.25) is 5.02 Å². The van der Waals surface area contributed by atoms with E-state index in [1.807, 2.05) is 11.4 Å². The third-order valence-corrected chi connectivity index (χ3v) is 3.98. The van der Waals surface area contributed by atoms with Gasteiger partial charge >= 0.3 is 0 Å². The molecule has 0 aliphatic heterocycles. The Morgan fingerprint density at radius 1 is 1.35 bits per heavy atom. The van der Waals surface area contributed by atoms with Crippen LogP contribution in [0.5, 0.6) is 0 Å². The number of ketones is 1. The molecule has 0 saturated carbocycles. The Morgan fingerprint density at radius 3 is 2.82 bits per heavy atom. The molecule has 0 unspecified atom stereocenters. The molecule has 0 amide bonds. The van der Waals surface area contributed by atoms with E-state index in [1.54, 1.807) is 6.07 Å². The number of carbonyl (C=O) groups is 1. The van der Waals surface area contributed by atoms with Crippen molar-refractivity contribution in [2.75, 3.05) is 0 Å². The van der Waals surface area contributed by atoms with Gasteiger partial charge in [0, 0.05) is 6.42 Å². The molecule has 0 radical (unpaired) electrons. The number of aryl methyl sites for hydroxylation is 2. The summed E-state index contributed by atoms with van der Waals surface area (Å²) in [6, 6.07) is 10.0. The summed E-state index contributed by atoms with van der Waals surface area (Å²) in [4.78, 5) is 12.6. The minimum absolute atomic E-state index is 0.131. The Bertz CT molecular complexity index is 531. The van der Waals surface area contributed by atoms with Crippen LogP contribution in [0, 0.1) is 6.92 Å². The van der Waals surface area contributed by atoms with Gasteiger partial charge in [-0.15, -0.1) is 11.3 Å². The van der Waals surface area contributed by atoms with Crippen LogP contribution in [0.25, 0.3) is 0 Å². The average molecular weight is 265 g/mol. The van der Waals surface area contributed by atoms with Gasteiger partial charge in [0.1, 0.15) is 0 Å². The predicted octanol–water partition coefficient (Wildman–Crippen LogP) is 4.53. The summed E-state index contributed by atoms with van der Waals surface area (Å²) in [5, 5.41) is 2.42. The number of rotatable bonds is 4. The van der Waals surface area contributed by atoms with Crippen LogP contribution in [0.4, 0.5) is 0 Å². The smallest absolute Gasteiger partial charge is 0.174 e. The zero-order chi connectivity index (χ0) is 12.3. The van der Waals surface area contributed by atoms with E-state index in [0.29, 0.717) is 16.3 Å². The fourth-order valence-corrected chi connectivity index (χ4v) is 2.86. The van der Waals surface area contributed by atoms with E-state index in [-0.39, 0.29) is 5.78 Å². The van der Waals surface area contributed by atoms with Crippen molar-refractivity contribution in [1.82, 2.24) is 0 Å². The average Bonchev–Trinajstić information content (AvgIpc) is 2.72. The van der Waals surface area contributed by atoms with Crippen molar-refractivity contribution >= 4 is 28.7 Å². The van der Waals surface area contributed by atoms with Crippen LogP contribution >= 0.6 is 22.9 Å². The van der Waals surface area contributed by atoms with E-state index in [2.05, 4.69) is 25.1 Å². The predicted molar refractivity (Wildman–Crippen MR) is 73.2 cm³/mol. The van der Waals surface area contributed by atoms with Gasteiger partial charge in [-0.3, -0.25) is 4.79 Å². The molecule has 2 rings (SSSR count). The Hall–Kier alpha value is -1.12. The van der Waals surface area contributed by atoms with Crippen LogP contribution < -0.4 is 0 Å². The molecule has 0 spiro atoms. The van der Waals surface area contributed by atoms with E-state index < -0.39 is 0 Å². The van der Waals surface area contributed by atoms with Gasteiger partial charge in [0.25, 0.3) is 0 Å². The van der Waals surface area contributed by atoms with E-state index in [1.165, 1.54) is 22.5 Å². The third-order valence-electron chi connectivity index (χ3n) is 2.59. The molecule has 17 heavy (non-hydrogen) atoms. The van der Waals surface area contributed by atoms with Crippen molar-refractivity contribution < 1.29 is 4.79 Å². The highest BCUT2D eigenvalue weighted by Crippen LogP contribution is 2.24. The molecule has 3 heteroatoms. The van der Waals surface area contributed by atoms with Crippen molar-refractivity contribution in [1.29, 1.82) is 0 Å². The SMILES string of the molecule is Cc1cccc(CCC(=O)c2sccc2Cl)c1. The maximum Gasteiger partial charge on any atom is 0.174 e. The first-order valence-electron chi connectivity index (χ1n) is 5.48. The van der Waals surface area contributed by atoms with Crippen LogP contribution in [0.3, 0.4) is 0 Å². The van der Waals surface area contributed by atoms with Crippen molar-refractivity contribution in [2.45, 2.75) is 19.8 Å². The summed E-state index contributed by atoms with van der Waals surface area (Å²) in [5.41, 5.74) is 2.43. The quantitative estimate of drug-likeness (QED) is 0.742. The first-order chi connectivity index (χ1) is 8.16. The summed E-state index contributed by atoms with van der Waals surface area (Å²) in [6.45, 7) is 2.06. The molecule has 2 aromatic rings. The Morgan fingerprint density at radius 2 is 2.18 bits per heavy atom. The molecule has 0 aliphatic rings. The standard InChI is InChI=1S/C14H13ClOS/c1-10-3-2-4-11(9-10)5-6-13(16)14-12(15)7-8-17-14/h2-4,7-9H,5-6H2,1H3. The summed E-state index contributed by atoms with van der Waals surface area (Å²) < 4.78 is 0. The zero-order valence-electron chi connectivity index (χ0n) is 9.57. The monoisotopic (exact) mass is 264 g/mol. The lowest BCUT2D eigenvalue weighted by Crippen LogP contribution is -1.99. The molecule has 0 saturated heterocycles. The second-order valence-corrected chi connectivity index (χ2v) is 5.33. The fourth-order valence-electron chi connectivity index (χ4n) is 1.73. The number of hydrogen-bond acceptors (Lipinski definition) is 2. The molecule has 0 bridgehead atoms. The van der Waals surface area contributed by atoms with Crippen LogP contribution in [0.15, 0.2) is 35.7 Å². The highest BCUT2D eigenvalue weighted by atomic mass is 35.5. The third kappa shape index (κ3) is 3.18. The summed E-state index contributed by atoms with van der Waals surface area (Å²) in [5.74, 6) is 0.131. The number of thiophene rings is 1. The van der Waals surface area contributed by atoms with Crippen LogP contribution in [-0.4, -0.2) is 5.78 Å². The fraction of sp³-hybridized carbons (Fsp3) is 0.214. The highest BCUT2D eigenvalue weighted by Gasteiger charge is 2.11. The van der Waals surface area contributed by atoms with E-state index in [4.69, 9.17) is 11.6 Å². The van der Waals surface area contributed by atoms with Crippen molar-refractivity contribution in [3.05, 3.63) is 56.7 Å². The van der Waals surface area contributed by atoms with Gasteiger partial charge < -0.3 is 0 Å². The number of halogens is 1. The van der Waals surface area contributed by atoms with Crippen molar-refractivity contribution in [3.8, 4) is 0 Å². The maximum absolute atomic E-state index is 11.9. The molecule has 88 valence electrons. The molecule has 0 N–H and O–H groups in total. The van der Waals surface area contributed by atoms with E-state index >= 15 is 0 Å². The molecule has 1 aromatic heterocycles.